The topological polar surface area (TPSA) is 32.3 Å². The van der Waals surface area contributed by atoms with E-state index in [-0.39, 0.29) is 11.8 Å². The standard InChI is InChI=1S/C15H16BrFN2OS/c1-10-3-4-11(7-13(10)17)8-18-15(20)19(2)9-12-5-6-14(16)21-12/h3-7H,8-9H2,1-2H3,(H,18,20). The molecule has 2 amide bonds. The van der Waals surface area contributed by atoms with Gasteiger partial charge in [-0.3, -0.25) is 0 Å². The van der Waals surface area contributed by atoms with Crippen molar-refractivity contribution in [1.82, 2.24) is 10.2 Å². The molecular weight excluding hydrogens is 355 g/mol. The molecule has 0 radical (unpaired) electrons. The van der Waals surface area contributed by atoms with Gasteiger partial charge in [-0.15, -0.1) is 11.3 Å². The Kier molecular flexibility index (Phi) is 5.36. The van der Waals surface area contributed by atoms with Crippen molar-refractivity contribution < 1.29 is 9.18 Å². The molecule has 0 saturated heterocycles. The smallest absolute Gasteiger partial charge is 0.317 e. The lowest BCUT2D eigenvalue weighted by Gasteiger charge is -2.17. The molecule has 1 aromatic carbocycles. The lowest BCUT2D eigenvalue weighted by molar-refractivity contribution is 0.207. The highest BCUT2D eigenvalue weighted by Gasteiger charge is 2.10. The highest BCUT2D eigenvalue weighted by molar-refractivity contribution is 9.11. The molecule has 0 saturated carbocycles. The van der Waals surface area contributed by atoms with E-state index in [1.807, 2.05) is 18.2 Å². The van der Waals surface area contributed by atoms with Crippen molar-refractivity contribution in [2.75, 3.05) is 7.05 Å². The number of benzene rings is 1. The summed E-state index contributed by atoms with van der Waals surface area (Å²) in [5, 5.41) is 2.79. The van der Waals surface area contributed by atoms with Gasteiger partial charge in [0.15, 0.2) is 0 Å². The Labute approximate surface area is 135 Å². The third kappa shape index (κ3) is 4.54. The van der Waals surface area contributed by atoms with Gasteiger partial charge in [-0.25, -0.2) is 9.18 Å². The van der Waals surface area contributed by atoms with Gasteiger partial charge in [0.2, 0.25) is 0 Å². The van der Waals surface area contributed by atoms with Crippen LogP contribution >= 0.6 is 27.3 Å². The number of thiophene rings is 1. The predicted molar refractivity (Wildman–Crippen MR) is 86.9 cm³/mol. The summed E-state index contributed by atoms with van der Waals surface area (Å²) in [7, 11) is 1.73. The average Bonchev–Trinajstić information content (AvgIpc) is 2.85. The van der Waals surface area contributed by atoms with E-state index in [2.05, 4.69) is 21.2 Å². The molecule has 0 spiro atoms. The van der Waals surface area contributed by atoms with Gasteiger partial charge in [-0.1, -0.05) is 12.1 Å². The number of amides is 2. The van der Waals surface area contributed by atoms with Crippen LogP contribution in [0.25, 0.3) is 0 Å². The van der Waals surface area contributed by atoms with Crippen LogP contribution in [0.2, 0.25) is 0 Å². The Morgan fingerprint density at radius 1 is 1.38 bits per heavy atom. The molecule has 0 aliphatic heterocycles. The molecule has 2 rings (SSSR count). The first-order chi connectivity index (χ1) is 9.95. The summed E-state index contributed by atoms with van der Waals surface area (Å²) in [6.45, 7) is 2.57. The molecule has 1 N–H and O–H groups in total. The molecule has 0 bridgehead atoms. The number of hydrogen-bond acceptors (Lipinski definition) is 2. The third-order valence-electron chi connectivity index (χ3n) is 3.05. The van der Waals surface area contributed by atoms with Crippen molar-refractivity contribution in [1.29, 1.82) is 0 Å². The Bertz CT molecular complexity index is 644. The second kappa shape index (κ2) is 7.04. The van der Waals surface area contributed by atoms with E-state index in [0.29, 0.717) is 18.7 Å². The molecule has 112 valence electrons. The normalized spacial score (nSPS) is 10.5. The van der Waals surface area contributed by atoms with E-state index in [1.54, 1.807) is 36.3 Å². The van der Waals surface area contributed by atoms with Crippen LogP contribution in [0.5, 0.6) is 0 Å². The summed E-state index contributed by atoms with van der Waals surface area (Å²) < 4.78 is 14.5. The first kappa shape index (κ1) is 16.0. The van der Waals surface area contributed by atoms with Crippen LogP contribution in [0, 0.1) is 12.7 Å². The number of carbonyl (C=O) groups is 1. The number of aryl methyl sites for hydroxylation is 1. The van der Waals surface area contributed by atoms with Gasteiger partial charge in [0.1, 0.15) is 5.82 Å². The second-order valence-corrected chi connectivity index (χ2v) is 7.35. The molecule has 6 heteroatoms. The molecule has 21 heavy (non-hydrogen) atoms. The Morgan fingerprint density at radius 3 is 2.76 bits per heavy atom. The summed E-state index contributed by atoms with van der Waals surface area (Å²) in [6, 6.07) is 8.74. The van der Waals surface area contributed by atoms with Crippen molar-refractivity contribution in [2.45, 2.75) is 20.0 Å². The van der Waals surface area contributed by atoms with Crippen LogP contribution in [-0.2, 0) is 13.1 Å². The molecule has 0 aliphatic rings. The molecule has 0 aliphatic carbocycles. The number of carbonyl (C=O) groups excluding carboxylic acids is 1. The average molecular weight is 371 g/mol. The first-order valence-electron chi connectivity index (χ1n) is 6.44. The zero-order valence-electron chi connectivity index (χ0n) is 11.8. The fourth-order valence-electron chi connectivity index (χ4n) is 1.80. The SMILES string of the molecule is Cc1ccc(CNC(=O)N(C)Cc2ccc(Br)s2)cc1F. The molecule has 1 aromatic heterocycles. The lowest BCUT2D eigenvalue weighted by atomic mass is 10.1. The number of rotatable bonds is 4. The maximum Gasteiger partial charge on any atom is 0.317 e. The third-order valence-corrected chi connectivity index (χ3v) is 4.66. The molecular formula is C15H16BrFN2OS. The summed E-state index contributed by atoms with van der Waals surface area (Å²) in [5.74, 6) is -0.251. The maximum absolute atomic E-state index is 13.4. The lowest BCUT2D eigenvalue weighted by Crippen LogP contribution is -2.36. The minimum absolute atomic E-state index is 0.180. The Balaban J connectivity index is 1.87. The predicted octanol–water partition coefficient (Wildman–Crippen LogP) is 4.30. The van der Waals surface area contributed by atoms with Gasteiger partial charge in [-0.05, 0) is 52.2 Å². The number of urea groups is 1. The quantitative estimate of drug-likeness (QED) is 0.854. The summed E-state index contributed by atoms with van der Waals surface area (Å²) >= 11 is 4.99. The Morgan fingerprint density at radius 2 is 2.14 bits per heavy atom. The van der Waals surface area contributed by atoms with Gasteiger partial charge in [0.25, 0.3) is 0 Å². The molecule has 0 unspecified atom stereocenters. The highest BCUT2D eigenvalue weighted by atomic mass is 79.9. The van der Waals surface area contributed by atoms with Crippen LogP contribution in [0.1, 0.15) is 16.0 Å². The summed E-state index contributed by atoms with van der Waals surface area (Å²) in [6.07, 6.45) is 0. The minimum Gasteiger partial charge on any atom is -0.334 e. The van der Waals surface area contributed by atoms with Gasteiger partial charge >= 0.3 is 6.03 Å². The van der Waals surface area contributed by atoms with Gasteiger partial charge < -0.3 is 10.2 Å². The van der Waals surface area contributed by atoms with E-state index < -0.39 is 0 Å². The van der Waals surface area contributed by atoms with Crippen LogP contribution < -0.4 is 5.32 Å². The molecule has 1 heterocycles. The van der Waals surface area contributed by atoms with Crippen molar-refractivity contribution >= 4 is 33.3 Å². The van der Waals surface area contributed by atoms with Gasteiger partial charge in [0, 0.05) is 18.5 Å². The van der Waals surface area contributed by atoms with Crippen LogP contribution in [0.4, 0.5) is 9.18 Å². The van der Waals surface area contributed by atoms with E-state index in [9.17, 15) is 9.18 Å². The van der Waals surface area contributed by atoms with Crippen LogP contribution in [0.15, 0.2) is 34.1 Å². The van der Waals surface area contributed by atoms with E-state index in [1.165, 1.54) is 6.07 Å². The number of nitrogens with one attached hydrogen (secondary N) is 1. The first-order valence-corrected chi connectivity index (χ1v) is 8.05. The maximum atomic E-state index is 13.4. The van der Waals surface area contributed by atoms with E-state index in [0.717, 1.165) is 14.2 Å². The zero-order valence-corrected chi connectivity index (χ0v) is 14.2. The summed E-state index contributed by atoms with van der Waals surface area (Å²) in [4.78, 5) is 14.7. The van der Waals surface area contributed by atoms with Gasteiger partial charge in [-0.2, -0.15) is 0 Å². The van der Waals surface area contributed by atoms with E-state index >= 15 is 0 Å². The molecule has 2 aromatic rings. The monoisotopic (exact) mass is 370 g/mol. The minimum atomic E-state index is -0.251. The van der Waals surface area contributed by atoms with Crippen molar-refractivity contribution in [3.8, 4) is 0 Å². The van der Waals surface area contributed by atoms with Crippen LogP contribution in [0.3, 0.4) is 0 Å². The summed E-state index contributed by atoms with van der Waals surface area (Å²) in [5.41, 5.74) is 1.35. The second-order valence-electron chi connectivity index (χ2n) is 4.80. The van der Waals surface area contributed by atoms with Gasteiger partial charge in [0.05, 0.1) is 10.3 Å². The van der Waals surface area contributed by atoms with Crippen molar-refractivity contribution in [3.05, 3.63) is 55.9 Å². The largest absolute Gasteiger partial charge is 0.334 e. The van der Waals surface area contributed by atoms with E-state index in [4.69, 9.17) is 0 Å². The number of halogens is 2. The Hall–Kier alpha value is -1.40. The molecule has 0 fully saturated rings. The molecule has 3 nitrogen and oxygen atoms in total. The number of hydrogen-bond donors (Lipinski definition) is 1. The molecule has 0 atom stereocenters. The van der Waals surface area contributed by atoms with Crippen molar-refractivity contribution in [2.24, 2.45) is 0 Å². The van der Waals surface area contributed by atoms with Crippen molar-refractivity contribution in [3.63, 3.8) is 0 Å². The van der Waals surface area contributed by atoms with Crippen LogP contribution in [-0.4, -0.2) is 18.0 Å². The zero-order chi connectivity index (χ0) is 15.4. The number of nitrogens with zero attached hydrogens (tertiary/aromatic N) is 1. The fourth-order valence-corrected chi connectivity index (χ4v) is 3.34. The fraction of sp³-hybridized carbons (Fsp3) is 0.267. The highest BCUT2D eigenvalue weighted by Crippen LogP contribution is 2.22.